The van der Waals surface area contributed by atoms with Crippen molar-refractivity contribution in [1.29, 1.82) is 0 Å². The highest BCUT2D eigenvalue weighted by Gasteiger charge is 2.26. The normalized spacial score (nSPS) is 15.2. The van der Waals surface area contributed by atoms with Gasteiger partial charge >= 0.3 is 0 Å². The minimum atomic E-state index is 0.472. The number of nitrogens with zero attached hydrogens (tertiary/aromatic N) is 3. The summed E-state index contributed by atoms with van der Waals surface area (Å²) in [6, 6.07) is 36.8. The van der Waals surface area contributed by atoms with Gasteiger partial charge in [0.15, 0.2) is 0 Å². The molecule has 0 spiro atoms. The van der Waals surface area contributed by atoms with Gasteiger partial charge in [-0.25, -0.2) is 9.97 Å². The molecule has 0 N–H and O–H groups in total. The predicted octanol–water partition coefficient (Wildman–Crippen LogP) is 7.12. The first kappa shape index (κ1) is 22.4. The van der Waals surface area contributed by atoms with Crippen LogP contribution < -0.4 is 4.74 Å². The average Bonchev–Trinajstić information content (AvgIpc) is 3.45. The Morgan fingerprint density at radius 3 is 1.94 bits per heavy atom. The van der Waals surface area contributed by atoms with Gasteiger partial charge in [0.25, 0.3) is 5.17 Å². The van der Waals surface area contributed by atoms with Crippen molar-refractivity contribution in [2.45, 2.75) is 12.3 Å². The number of ether oxygens (including phenoxy) is 1. The van der Waals surface area contributed by atoms with E-state index in [1.165, 1.54) is 5.56 Å². The summed E-state index contributed by atoms with van der Waals surface area (Å²) in [5, 5.41) is 0.505. The Balaban J connectivity index is 1.29. The molecule has 5 heteroatoms. The number of likely N-dealkylation sites (tertiary alicyclic amines) is 1. The lowest BCUT2D eigenvalue weighted by Gasteiger charge is -2.19. The van der Waals surface area contributed by atoms with E-state index in [0.29, 0.717) is 16.8 Å². The maximum Gasteiger partial charge on any atom is 0.264 e. The number of aromatic nitrogens is 2. The van der Waals surface area contributed by atoms with Gasteiger partial charge in [0.1, 0.15) is 5.75 Å². The summed E-state index contributed by atoms with van der Waals surface area (Å²) < 4.78 is 6.14. The first-order valence-electron chi connectivity index (χ1n) is 12.2. The molecule has 1 saturated heterocycles. The zero-order valence-corrected chi connectivity index (χ0v) is 20.6. The number of rotatable bonds is 4. The highest BCUT2D eigenvalue weighted by molar-refractivity contribution is 7.80. The maximum atomic E-state index is 6.14. The van der Waals surface area contributed by atoms with Gasteiger partial charge in [0.05, 0.1) is 22.4 Å². The van der Waals surface area contributed by atoms with Crippen molar-refractivity contribution in [2.75, 3.05) is 13.1 Å². The minimum Gasteiger partial charge on any atom is -0.432 e. The summed E-state index contributed by atoms with van der Waals surface area (Å²) in [7, 11) is 0. The van der Waals surface area contributed by atoms with Crippen LogP contribution >= 0.6 is 12.2 Å². The van der Waals surface area contributed by atoms with Crippen molar-refractivity contribution >= 4 is 28.4 Å². The molecule has 1 aliphatic heterocycles. The quantitative estimate of drug-likeness (QED) is 0.252. The third kappa shape index (κ3) is 4.58. The third-order valence-electron chi connectivity index (χ3n) is 6.65. The van der Waals surface area contributed by atoms with E-state index in [2.05, 4.69) is 59.5 Å². The molecule has 1 fully saturated rings. The number of thiocarbonyl (C=S) groups is 1. The van der Waals surface area contributed by atoms with Crippen LogP contribution in [0.1, 0.15) is 17.9 Å². The highest BCUT2D eigenvalue weighted by Crippen LogP contribution is 2.32. The second-order valence-corrected chi connectivity index (χ2v) is 9.36. The first-order chi connectivity index (χ1) is 17.7. The van der Waals surface area contributed by atoms with Gasteiger partial charge in [-0.05, 0) is 36.3 Å². The Labute approximate surface area is 216 Å². The predicted molar refractivity (Wildman–Crippen MR) is 149 cm³/mol. The fourth-order valence-corrected chi connectivity index (χ4v) is 5.04. The van der Waals surface area contributed by atoms with E-state index < -0.39 is 0 Å². The van der Waals surface area contributed by atoms with Gasteiger partial charge in [-0.3, -0.25) is 0 Å². The Morgan fingerprint density at radius 2 is 1.31 bits per heavy atom. The Hall–Kier alpha value is -4.09. The molecule has 0 amide bonds. The van der Waals surface area contributed by atoms with Crippen LogP contribution in [0.3, 0.4) is 0 Å². The van der Waals surface area contributed by atoms with E-state index in [-0.39, 0.29) is 0 Å². The molecule has 5 aromatic rings. The Kier molecular flexibility index (Phi) is 6.14. The van der Waals surface area contributed by atoms with E-state index in [9.17, 15) is 0 Å². The van der Waals surface area contributed by atoms with Crippen LogP contribution in [0.15, 0.2) is 109 Å². The SMILES string of the molecule is S=C(Oc1ccc2nc(-c3ccccc3)c(-c3ccccc3)nc2c1)N1CC[C@H](c2ccccc2)C1. The molecule has 2 heterocycles. The summed E-state index contributed by atoms with van der Waals surface area (Å²) in [5.41, 5.74) is 6.72. The van der Waals surface area contributed by atoms with E-state index in [1.807, 2.05) is 54.6 Å². The maximum absolute atomic E-state index is 6.14. The van der Waals surface area contributed by atoms with Crippen molar-refractivity contribution in [3.63, 3.8) is 0 Å². The lowest BCUT2D eigenvalue weighted by molar-refractivity contribution is 0.403. The minimum absolute atomic E-state index is 0.472. The third-order valence-corrected chi connectivity index (χ3v) is 6.99. The summed E-state index contributed by atoms with van der Waals surface area (Å²) in [6.45, 7) is 1.76. The number of benzene rings is 4. The molecular weight excluding hydrogens is 462 g/mol. The van der Waals surface area contributed by atoms with Crippen LogP contribution in [0, 0.1) is 0 Å². The Morgan fingerprint density at radius 1 is 0.722 bits per heavy atom. The molecule has 0 aliphatic carbocycles. The van der Waals surface area contributed by atoms with Gasteiger partial charge in [-0.2, -0.15) is 0 Å². The van der Waals surface area contributed by atoms with E-state index in [4.69, 9.17) is 26.9 Å². The van der Waals surface area contributed by atoms with Gasteiger partial charge < -0.3 is 9.64 Å². The van der Waals surface area contributed by atoms with Crippen LogP contribution in [0.25, 0.3) is 33.5 Å². The van der Waals surface area contributed by atoms with Crippen LogP contribution in [0.2, 0.25) is 0 Å². The van der Waals surface area contributed by atoms with Gasteiger partial charge in [-0.1, -0.05) is 91.0 Å². The molecule has 0 bridgehead atoms. The van der Waals surface area contributed by atoms with Gasteiger partial charge in [0, 0.05) is 36.2 Å². The molecule has 1 aliphatic rings. The van der Waals surface area contributed by atoms with Crippen molar-refractivity contribution in [2.24, 2.45) is 0 Å². The largest absolute Gasteiger partial charge is 0.432 e. The zero-order chi connectivity index (χ0) is 24.3. The molecule has 6 rings (SSSR count). The van der Waals surface area contributed by atoms with Crippen molar-refractivity contribution in [1.82, 2.24) is 14.9 Å². The molecule has 0 unspecified atom stereocenters. The molecule has 0 radical (unpaired) electrons. The molecular formula is C31H25N3OS. The van der Waals surface area contributed by atoms with Crippen molar-refractivity contribution in [3.8, 4) is 28.3 Å². The lowest BCUT2D eigenvalue weighted by atomic mass is 9.99. The fraction of sp³-hybridized carbons (Fsp3) is 0.129. The fourth-order valence-electron chi connectivity index (χ4n) is 4.78. The number of hydrogen-bond acceptors (Lipinski definition) is 4. The Bertz CT molecular complexity index is 1510. The van der Waals surface area contributed by atoms with Crippen LogP contribution in [-0.4, -0.2) is 33.1 Å². The molecule has 176 valence electrons. The van der Waals surface area contributed by atoms with Crippen LogP contribution in [0.5, 0.6) is 5.75 Å². The molecule has 1 aromatic heterocycles. The zero-order valence-electron chi connectivity index (χ0n) is 19.7. The van der Waals surface area contributed by atoms with Crippen molar-refractivity contribution < 1.29 is 4.74 Å². The molecule has 4 nitrogen and oxygen atoms in total. The van der Waals surface area contributed by atoms with E-state index >= 15 is 0 Å². The standard InChI is InChI=1S/C31H25N3OS/c36-31(34-19-18-25(21-34)22-10-4-1-5-11-22)35-26-16-17-27-28(20-26)33-30(24-14-8-3-9-15-24)29(32-27)23-12-6-2-7-13-23/h1-17,20,25H,18-19,21H2/t25-/m0/s1. The number of hydrogen-bond donors (Lipinski definition) is 0. The second-order valence-electron chi connectivity index (χ2n) is 9.01. The van der Waals surface area contributed by atoms with Crippen LogP contribution in [-0.2, 0) is 0 Å². The van der Waals surface area contributed by atoms with Gasteiger partial charge in [0.2, 0.25) is 0 Å². The number of fused-ring (bicyclic) bond motifs is 1. The molecule has 0 saturated carbocycles. The highest BCUT2D eigenvalue weighted by atomic mass is 32.1. The summed E-state index contributed by atoms with van der Waals surface area (Å²) in [5.74, 6) is 1.15. The van der Waals surface area contributed by atoms with Gasteiger partial charge in [-0.15, -0.1) is 0 Å². The van der Waals surface area contributed by atoms with Crippen LogP contribution in [0.4, 0.5) is 0 Å². The smallest absolute Gasteiger partial charge is 0.264 e. The van der Waals surface area contributed by atoms with E-state index in [0.717, 1.165) is 53.1 Å². The average molecular weight is 488 g/mol. The monoisotopic (exact) mass is 487 g/mol. The topological polar surface area (TPSA) is 38.3 Å². The molecule has 36 heavy (non-hydrogen) atoms. The second kappa shape index (κ2) is 9.88. The molecule has 4 aromatic carbocycles. The molecule has 1 atom stereocenters. The summed E-state index contributed by atoms with van der Waals surface area (Å²) in [6.07, 6.45) is 1.07. The summed E-state index contributed by atoms with van der Waals surface area (Å²) in [4.78, 5) is 12.2. The van der Waals surface area contributed by atoms with Crippen molar-refractivity contribution in [3.05, 3.63) is 115 Å². The summed E-state index contributed by atoms with van der Waals surface area (Å²) >= 11 is 5.68. The van der Waals surface area contributed by atoms with E-state index in [1.54, 1.807) is 0 Å². The first-order valence-corrected chi connectivity index (χ1v) is 12.6. The lowest BCUT2D eigenvalue weighted by Crippen LogP contribution is -2.31.